The van der Waals surface area contributed by atoms with Crippen molar-refractivity contribution in [3.63, 3.8) is 0 Å². The Balaban J connectivity index is 1.97. The summed E-state index contributed by atoms with van der Waals surface area (Å²) >= 11 is 23.3. The molecule has 8 heteroatoms. The molecule has 110 valence electrons. The van der Waals surface area contributed by atoms with Crippen molar-refractivity contribution in [1.82, 2.24) is 4.98 Å². The number of hydrogen-bond donors (Lipinski definition) is 1. The van der Waals surface area contributed by atoms with E-state index < -0.39 is 5.91 Å². The van der Waals surface area contributed by atoms with Crippen LogP contribution in [0.3, 0.4) is 0 Å². The molecule has 0 radical (unpaired) electrons. The van der Waals surface area contributed by atoms with Gasteiger partial charge in [-0.1, -0.05) is 46.4 Å². The first kappa shape index (κ1) is 16.2. The van der Waals surface area contributed by atoms with Crippen LogP contribution in [0.2, 0.25) is 20.1 Å². The molecule has 1 aromatic heterocycles. The minimum atomic E-state index is -0.442. The summed E-state index contributed by atoms with van der Waals surface area (Å²) in [6.07, 6.45) is 1.37. The van der Waals surface area contributed by atoms with E-state index in [0.717, 1.165) is 0 Å². The number of anilines is 1. The number of nitrogens with one attached hydrogen (secondary N) is 1. The van der Waals surface area contributed by atoms with Crippen LogP contribution in [0.5, 0.6) is 5.75 Å². The number of pyridine rings is 1. The number of benzene rings is 1. The van der Waals surface area contributed by atoms with E-state index in [0.29, 0.717) is 20.8 Å². The van der Waals surface area contributed by atoms with Crippen LogP contribution in [0.25, 0.3) is 0 Å². The highest BCUT2D eigenvalue weighted by Gasteiger charge is 2.10. The molecule has 0 aliphatic heterocycles. The van der Waals surface area contributed by atoms with E-state index in [9.17, 15) is 4.79 Å². The highest BCUT2D eigenvalue weighted by atomic mass is 35.5. The van der Waals surface area contributed by atoms with Gasteiger partial charge in [0, 0.05) is 17.3 Å². The van der Waals surface area contributed by atoms with Crippen LogP contribution in [-0.2, 0) is 4.79 Å². The third kappa shape index (κ3) is 4.64. The fourth-order valence-corrected chi connectivity index (χ4v) is 2.17. The lowest BCUT2D eigenvalue weighted by Gasteiger charge is -2.09. The number of ether oxygens (including phenoxy) is 1. The minimum Gasteiger partial charge on any atom is -0.482 e. The summed E-state index contributed by atoms with van der Waals surface area (Å²) in [5, 5.41) is 3.92. The Morgan fingerprint density at radius 1 is 1.10 bits per heavy atom. The molecule has 0 bridgehead atoms. The van der Waals surface area contributed by atoms with Crippen LogP contribution in [0, 0.1) is 0 Å². The zero-order chi connectivity index (χ0) is 15.4. The second kappa shape index (κ2) is 7.18. The Morgan fingerprint density at radius 2 is 1.86 bits per heavy atom. The second-order valence-corrected chi connectivity index (χ2v) is 5.58. The summed E-state index contributed by atoms with van der Waals surface area (Å²) in [4.78, 5) is 15.7. The standard InChI is InChI=1S/C13H8Cl4N2O2/c14-7-1-2-9(16)11(4-7)21-6-12(20)19-13-10(17)3-8(15)5-18-13/h1-5H,6H2,(H,18,19,20). The average molecular weight is 366 g/mol. The number of hydrogen-bond acceptors (Lipinski definition) is 3. The third-order valence-electron chi connectivity index (χ3n) is 2.32. The predicted octanol–water partition coefficient (Wildman–Crippen LogP) is 4.71. The Kier molecular flexibility index (Phi) is 5.53. The summed E-state index contributed by atoms with van der Waals surface area (Å²) in [7, 11) is 0. The normalized spacial score (nSPS) is 10.3. The van der Waals surface area contributed by atoms with Gasteiger partial charge in [0.1, 0.15) is 5.75 Å². The topological polar surface area (TPSA) is 51.2 Å². The molecular weight excluding hydrogens is 358 g/mol. The summed E-state index contributed by atoms with van der Waals surface area (Å²) in [6, 6.07) is 6.19. The Morgan fingerprint density at radius 3 is 2.57 bits per heavy atom. The third-order valence-corrected chi connectivity index (χ3v) is 3.36. The molecule has 0 saturated heterocycles. The molecule has 2 rings (SSSR count). The number of carbonyl (C=O) groups is 1. The van der Waals surface area contributed by atoms with Gasteiger partial charge in [0.25, 0.3) is 5.91 Å². The van der Waals surface area contributed by atoms with Crippen molar-refractivity contribution in [3.05, 3.63) is 50.6 Å². The van der Waals surface area contributed by atoms with Crippen LogP contribution in [-0.4, -0.2) is 17.5 Å². The van der Waals surface area contributed by atoms with E-state index in [1.807, 2.05) is 0 Å². The summed E-state index contributed by atoms with van der Waals surface area (Å²) in [6.45, 7) is -0.263. The second-order valence-electron chi connectivity index (χ2n) is 3.90. The molecule has 1 aromatic carbocycles. The van der Waals surface area contributed by atoms with Crippen molar-refractivity contribution < 1.29 is 9.53 Å². The van der Waals surface area contributed by atoms with Gasteiger partial charge in [0.15, 0.2) is 12.4 Å². The first-order chi connectivity index (χ1) is 9.95. The smallest absolute Gasteiger partial charge is 0.263 e. The van der Waals surface area contributed by atoms with Crippen LogP contribution in [0.4, 0.5) is 5.82 Å². The van der Waals surface area contributed by atoms with Gasteiger partial charge < -0.3 is 10.1 Å². The highest BCUT2D eigenvalue weighted by molar-refractivity contribution is 6.36. The number of aromatic nitrogens is 1. The van der Waals surface area contributed by atoms with Crippen molar-refractivity contribution in [1.29, 1.82) is 0 Å². The van der Waals surface area contributed by atoms with Crippen molar-refractivity contribution >= 4 is 58.1 Å². The van der Waals surface area contributed by atoms with Crippen molar-refractivity contribution in [3.8, 4) is 5.75 Å². The SMILES string of the molecule is O=C(COc1cc(Cl)ccc1Cl)Nc1ncc(Cl)cc1Cl. The van der Waals surface area contributed by atoms with Crippen LogP contribution >= 0.6 is 46.4 Å². The van der Waals surface area contributed by atoms with E-state index >= 15 is 0 Å². The first-order valence-corrected chi connectivity index (χ1v) is 7.15. The van der Waals surface area contributed by atoms with Gasteiger partial charge in [-0.15, -0.1) is 0 Å². The van der Waals surface area contributed by atoms with E-state index in [1.165, 1.54) is 18.3 Å². The largest absolute Gasteiger partial charge is 0.482 e. The molecule has 4 nitrogen and oxygen atoms in total. The van der Waals surface area contributed by atoms with Gasteiger partial charge in [-0.05, 0) is 18.2 Å². The minimum absolute atomic E-state index is 0.201. The fraction of sp³-hybridized carbons (Fsp3) is 0.0769. The summed E-state index contributed by atoms with van der Waals surface area (Å²) in [5.74, 6) is 0.0732. The van der Waals surface area contributed by atoms with E-state index in [-0.39, 0.29) is 17.4 Å². The fourth-order valence-electron chi connectivity index (χ4n) is 1.41. The van der Waals surface area contributed by atoms with Crippen molar-refractivity contribution in [2.75, 3.05) is 11.9 Å². The maximum absolute atomic E-state index is 11.8. The average Bonchev–Trinajstić information content (AvgIpc) is 2.43. The lowest BCUT2D eigenvalue weighted by Crippen LogP contribution is -2.21. The molecule has 0 aliphatic rings. The van der Waals surface area contributed by atoms with Gasteiger partial charge in [-0.3, -0.25) is 4.79 Å². The number of amides is 1. The molecule has 0 saturated carbocycles. The Labute approximate surface area is 140 Å². The molecule has 0 spiro atoms. The molecule has 1 heterocycles. The highest BCUT2D eigenvalue weighted by Crippen LogP contribution is 2.27. The zero-order valence-corrected chi connectivity index (χ0v) is 13.4. The van der Waals surface area contributed by atoms with Gasteiger partial charge in [0.2, 0.25) is 0 Å². The maximum Gasteiger partial charge on any atom is 0.263 e. The molecule has 0 aliphatic carbocycles. The van der Waals surface area contributed by atoms with Crippen LogP contribution < -0.4 is 10.1 Å². The molecule has 0 unspecified atom stereocenters. The maximum atomic E-state index is 11.8. The molecule has 1 N–H and O–H groups in total. The number of nitrogens with zero attached hydrogens (tertiary/aromatic N) is 1. The van der Waals surface area contributed by atoms with Gasteiger partial charge in [0.05, 0.1) is 15.1 Å². The lowest BCUT2D eigenvalue weighted by atomic mass is 10.3. The van der Waals surface area contributed by atoms with Crippen LogP contribution in [0.1, 0.15) is 0 Å². The van der Waals surface area contributed by atoms with Crippen LogP contribution in [0.15, 0.2) is 30.5 Å². The van der Waals surface area contributed by atoms with Crippen molar-refractivity contribution in [2.45, 2.75) is 0 Å². The molecule has 2 aromatic rings. The van der Waals surface area contributed by atoms with Crippen molar-refractivity contribution in [2.24, 2.45) is 0 Å². The summed E-state index contributed by atoms with van der Waals surface area (Å²) < 4.78 is 5.29. The van der Waals surface area contributed by atoms with E-state index in [1.54, 1.807) is 12.1 Å². The zero-order valence-electron chi connectivity index (χ0n) is 10.4. The Hall–Kier alpha value is -1.20. The summed E-state index contributed by atoms with van der Waals surface area (Å²) in [5.41, 5.74) is 0. The van der Waals surface area contributed by atoms with E-state index in [4.69, 9.17) is 51.1 Å². The predicted molar refractivity (Wildman–Crippen MR) is 84.8 cm³/mol. The number of halogens is 4. The van der Waals surface area contributed by atoms with E-state index in [2.05, 4.69) is 10.3 Å². The Bertz CT molecular complexity index is 679. The van der Waals surface area contributed by atoms with Gasteiger partial charge in [-0.25, -0.2) is 4.98 Å². The van der Waals surface area contributed by atoms with Gasteiger partial charge in [-0.2, -0.15) is 0 Å². The lowest BCUT2D eigenvalue weighted by molar-refractivity contribution is -0.118. The molecule has 0 fully saturated rings. The number of carbonyl (C=O) groups excluding carboxylic acids is 1. The molecule has 0 atom stereocenters. The molecule has 21 heavy (non-hydrogen) atoms. The number of rotatable bonds is 4. The first-order valence-electron chi connectivity index (χ1n) is 5.64. The monoisotopic (exact) mass is 364 g/mol. The molecule has 1 amide bonds. The molecular formula is C13H8Cl4N2O2. The van der Waals surface area contributed by atoms with Gasteiger partial charge >= 0.3 is 0 Å². The quantitative estimate of drug-likeness (QED) is 0.853.